The number of carbonyl (C=O) groups is 1. The molecule has 0 bridgehead atoms. The van der Waals surface area contributed by atoms with E-state index in [2.05, 4.69) is 0 Å². The standard InChI is InChI=1S/C10H21NO3/c1-7(14-8(11)12)10(5,13)6-9(2,3)4/h7,13H,6H2,1-5H3,(H2,11,12)/t7-,10?/m0/s1. The molecule has 0 saturated heterocycles. The summed E-state index contributed by atoms with van der Waals surface area (Å²) in [4.78, 5) is 10.5. The molecule has 1 unspecified atom stereocenters. The molecule has 0 aliphatic rings. The van der Waals surface area contributed by atoms with E-state index in [0.717, 1.165) is 0 Å². The maximum Gasteiger partial charge on any atom is 0.404 e. The Morgan fingerprint density at radius 3 is 2.14 bits per heavy atom. The van der Waals surface area contributed by atoms with E-state index in [1.165, 1.54) is 0 Å². The number of ether oxygens (including phenoxy) is 1. The fourth-order valence-corrected chi connectivity index (χ4v) is 1.52. The predicted octanol–water partition coefficient (Wildman–Crippen LogP) is 1.66. The van der Waals surface area contributed by atoms with Gasteiger partial charge in [-0.2, -0.15) is 0 Å². The first-order chi connectivity index (χ1) is 6.04. The molecule has 0 spiro atoms. The molecule has 0 aliphatic carbocycles. The van der Waals surface area contributed by atoms with Crippen molar-refractivity contribution in [3.05, 3.63) is 0 Å². The summed E-state index contributed by atoms with van der Waals surface area (Å²) in [5.41, 5.74) is 3.80. The fraction of sp³-hybridized carbons (Fsp3) is 0.900. The highest BCUT2D eigenvalue weighted by atomic mass is 16.6. The topological polar surface area (TPSA) is 72.5 Å². The van der Waals surface area contributed by atoms with E-state index in [9.17, 15) is 9.90 Å². The highest BCUT2D eigenvalue weighted by Gasteiger charge is 2.35. The van der Waals surface area contributed by atoms with Crippen LogP contribution in [0.5, 0.6) is 0 Å². The van der Waals surface area contributed by atoms with Crippen LogP contribution in [0.1, 0.15) is 41.0 Å². The number of hydrogen-bond donors (Lipinski definition) is 2. The summed E-state index contributed by atoms with van der Waals surface area (Å²) in [7, 11) is 0. The molecular formula is C10H21NO3. The third-order valence-corrected chi connectivity index (χ3v) is 2.06. The molecule has 14 heavy (non-hydrogen) atoms. The van der Waals surface area contributed by atoms with E-state index in [-0.39, 0.29) is 5.41 Å². The SMILES string of the molecule is C[C@H](OC(N)=O)C(C)(O)CC(C)(C)C. The first-order valence-corrected chi connectivity index (χ1v) is 4.73. The second-order valence-electron chi connectivity index (χ2n) is 5.17. The van der Waals surface area contributed by atoms with Gasteiger partial charge in [-0.3, -0.25) is 0 Å². The molecule has 1 amide bonds. The van der Waals surface area contributed by atoms with Crippen molar-refractivity contribution in [1.82, 2.24) is 0 Å². The Hall–Kier alpha value is -0.770. The van der Waals surface area contributed by atoms with Gasteiger partial charge >= 0.3 is 6.09 Å². The van der Waals surface area contributed by atoms with Gasteiger partial charge in [-0.05, 0) is 25.7 Å². The average molecular weight is 203 g/mol. The van der Waals surface area contributed by atoms with Crippen molar-refractivity contribution in [3.63, 3.8) is 0 Å². The monoisotopic (exact) mass is 203 g/mol. The van der Waals surface area contributed by atoms with Crippen LogP contribution in [0.3, 0.4) is 0 Å². The van der Waals surface area contributed by atoms with E-state index in [4.69, 9.17) is 10.5 Å². The lowest BCUT2D eigenvalue weighted by atomic mass is 9.80. The summed E-state index contributed by atoms with van der Waals surface area (Å²) in [6, 6.07) is 0. The minimum absolute atomic E-state index is 0.0290. The van der Waals surface area contributed by atoms with Crippen molar-refractivity contribution < 1.29 is 14.6 Å². The Morgan fingerprint density at radius 2 is 1.86 bits per heavy atom. The zero-order chi connectivity index (χ0) is 11.6. The molecule has 0 rings (SSSR count). The van der Waals surface area contributed by atoms with Crippen molar-refractivity contribution in [2.75, 3.05) is 0 Å². The van der Waals surface area contributed by atoms with Crippen LogP contribution in [0.2, 0.25) is 0 Å². The second kappa shape index (κ2) is 4.17. The lowest BCUT2D eigenvalue weighted by molar-refractivity contribution is -0.0783. The minimum atomic E-state index is -1.05. The molecule has 2 atom stereocenters. The summed E-state index contributed by atoms with van der Waals surface area (Å²) >= 11 is 0. The van der Waals surface area contributed by atoms with Crippen LogP contribution >= 0.6 is 0 Å². The van der Waals surface area contributed by atoms with Crippen LogP contribution in [0.4, 0.5) is 4.79 Å². The van der Waals surface area contributed by atoms with Crippen LogP contribution in [-0.2, 0) is 4.74 Å². The van der Waals surface area contributed by atoms with Gasteiger partial charge in [0, 0.05) is 0 Å². The fourth-order valence-electron chi connectivity index (χ4n) is 1.52. The number of hydrogen-bond acceptors (Lipinski definition) is 3. The second-order valence-corrected chi connectivity index (χ2v) is 5.17. The third-order valence-electron chi connectivity index (χ3n) is 2.06. The van der Waals surface area contributed by atoms with E-state index < -0.39 is 17.8 Å². The quantitative estimate of drug-likeness (QED) is 0.732. The lowest BCUT2D eigenvalue weighted by Crippen LogP contribution is -2.44. The van der Waals surface area contributed by atoms with Crippen molar-refractivity contribution >= 4 is 6.09 Å². The summed E-state index contributed by atoms with van der Waals surface area (Å²) in [6.45, 7) is 9.32. The zero-order valence-corrected chi connectivity index (χ0v) is 9.63. The van der Waals surface area contributed by atoms with Crippen LogP contribution in [0, 0.1) is 5.41 Å². The Kier molecular flexibility index (Phi) is 3.94. The molecule has 4 nitrogen and oxygen atoms in total. The molecule has 0 heterocycles. The zero-order valence-electron chi connectivity index (χ0n) is 9.63. The summed E-state index contributed by atoms with van der Waals surface area (Å²) in [5.74, 6) is 0. The Morgan fingerprint density at radius 1 is 1.43 bits per heavy atom. The maximum atomic E-state index is 10.5. The number of rotatable bonds is 3. The third kappa shape index (κ3) is 5.07. The molecule has 0 saturated carbocycles. The van der Waals surface area contributed by atoms with Gasteiger partial charge in [-0.15, -0.1) is 0 Å². The first kappa shape index (κ1) is 13.2. The van der Waals surface area contributed by atoms with Gasteiger partial charge in [0.15, 0.2) is 0 Å². The largest absolute Gasteiger partial charge is 0.444 e. The molecule has 0 aromatic carbocycles. The summed E-state index contributed by atoms with van der Waals surface area (Å²) in [6.07, 6.45) is -0.917. The van der Waals surface area contributed by atoms with Gasteiger partial charge in [-0.1, -0.05) is 20.8 Å². The average Bonchev–Trinajstić information content (AvgIpc) is 1.78. The van der Waals surface area contributed by atoms with E-state index in [0.29, 0.717) is 6.42 Å². The molecule has 0 aromatic heterocycles. The number of amides is 1. The van der Waals surface area contributed by atoms with Gasteiger partial charge in [0.2, 0.25) is 0 Å². The van der Waals surface area contributed by atoms with Crippen molar-refractivity contribution in [2.45, 2.75) is 52.7 Å². The maximum absolute atomic E-state index is 10.5. The molecule has 0 aliphatic heterocycles. The Labute approximate surface area is 85.4 Å². The van der Waals surface area contributed by atoms with Crippen molar-refractivity contribution in [3.8, 4) is 0 Å². The molecule has 0 radical (unpaired) electrons. The Bertz CT molecular complexity index is 206. The smallest absolute Gasteiger partial charge is 0.404 e. The molecule has 4 heteroatoms. The van der Waals surface area contributed by atoms with Crippen LogP contribution < -0.4 is 5.73 Å². The highest BCUT2D eigenvalue weighted by molar-refractivity contribution is 5.64. The number of primary amides is 1. The first-order valence-electron chi connectivity index (χ1n) is 4.73. The van der Waals surface area contributed by atoms with Gasteiger partial charge < -0.3 is 15.6 Å². The Balaban J connectivity index is 4.37. The lowest BCUT2D eigenvalue weighted by Gasteiger charge is -2.34. The van der Waals surface area contributed by atoms with Crippen molar-refractivity contribution in [2.24, 2.45) is 11.1 Å². The summed E-state index contributed by atoms with van der Waals surface area (Å²) in [5, 5.41) is 10.0. The highest BCUT2D eigenvalue weighted by Crippen LogP contribution is 2.30. The normalized spacial score (nSPS) is 18.4. The molecule has 84 valence electrons. The van der Waals surface area contributed by atoms with E-state index in [1.807, 2.05) is 20.8 Å². The number of nitrogens with two attached hydrogens (primary N) is 1. The van der Waals surface area contributed by atoms with E-state index >= 15 is 0 Å². The van der Waals surface area contributed by atoms with E-state index in [1.54, 1.807) is 13.8 Å². The van der Waals surface area contributed by atoms with Crippen LogP contribution in [0.25, 0.3) is 0 Å². The minimum Gasteiger partial charge on any atom is -0.444 e. The van der Waals surface area contributed by atoms with Crippen molar-refractivity contribution in [1.29, 1.82) is 0 Å². The molecule has 0 aromatic rings. The van der Waals surface area contributed by atoms with Gasteiger partial charge in [0.1, 0.15) is 6.10 Å². The van der Waals surface area contributed by atoms with Gasteiger partial charge in [0.05, 0.1) is 5.60 Å². The molecular weight excluding hydrogens is 182 g/mol. The van der Waals surface area contributed by atoms with Gasteiger partial charge in [-0.25, -0.2) is 4.79 Å². The predicted molar refractivity (Wildman–Crippen MR) is 54.8 cm³/mol. The molecule has 0 fully saturated rings. The van der Waals surface area contributed by atoms with Crippen LogP contribution in [-0.4, -0.2) is 22.9 Å². The summed E-state index contributed by atoms with van der Waals surface area (Å²) < 4.78 is 4.75. The molecule has 3 N–H and O–H groups in total. The van der Waals surface area contributed by atoms with Gasteiger partial charge in [0.25, 0.3) is 0 Å². The number of carbonyl (C=O) groups excluding carboxylic acids is 1. The van der Waals surface area contributed by atoms with Crippen LogP contribution in [0.15, 0.2) is 0 Å². The number of aliphatic hydroxyl groups is 1.